The molecular weight excluding hydrogens is 200 g/mol. The molecule has 78 valence electrons. The van der Waals surface area contributed by atoms with Gasteiger partial charge in [0.2, 0.25) is 0 Å². The highest BCUT2D eigenvalue weighted by Crippen LogP contribution is 2.23. The maximum atomic E-state index is 8.71. The zero-order valence-corrected chi connectivity index (χ0v) is 9.06. The fourth-order valence-corrected chi connectivity index (χ4v) is 1.82. The fourth-order valence-electron chi connectivity index (χ4n) is 1.03. The monoisotopic (exact) mass is 214 g/mol. The van der Waals surface area contributed by atoms with Gasteiger partial charge in [0.05, 0.1) is 6.61 Å². The van der Waals surface area contributed by atoms with Crippen LogP contribution < -0.4 is 11.3 Å². The highest BCUT2D eigenvalue weighted by atomic mass is 32.2. The lowest BCUT2D eigenvalue weighted by molar-refractivity contribution is 0.322. The molecule has 0 aliphatic carbocycles. The number of aryl methyl sites for hydroxylation is 1. The van der Waals surface area contributed by atoms with Crippen molar-refractivity contribution in [2.24, 2.45) is 5.84 Å². The number of aliphatic hydroxyl groups is 1. The van der Waals surface area contributed by atoms with E-state index in [1.807, 2.05) is 13.8 Å². The highest BCUT2D eigenvalue weighted by Gasteiger charge is 2.07. The Bertz CT molecular complexity index is 318. The van der Waals surface area contributed by atoms with Crippen molar-refractivity contribution in [1.82, 2.24) is 9.97 Å². The van der Waals surface area contributed by atoms with Crippen molar-refractivity contribution in [3.8, 4) is 0 Å². The van der Waals surface area contributed by atoms with E-state index in [2.05, 4.69) is 15.4 Å². The molecule has 0 amide bonds. The zero-order chi connectivity index (χ0) is 10.6. The number of aromatic nitrogens is 2. The smallest absolute Gasteiger partial charge is 0.147 e. The average Bonchev–Trinajstić information content (AvgIpc) is 2.18. The summed E-state index contributed by atoms with van der Waals surface area (Å²) < 4.78 is 0. The summed E-state index contributed by atoms with van der Waals surface area (Å²) in [5.74, 6) is 7.25. The van der Waals surface area contributed by atoms with Crippen LogP contribution in [0, 0.1) is 13.8 Å². The van der Waals surface area contributed by atoms with Gasteiger partial charge in [0.25, 0.3) is 0 Å². The van der Waals surface area contributed by atoms with Crippen LogP contribution in [0.3, 0.4) is 0 Å². The van der Waals surface area contributed by atoms with E-state index in [4.69, 9.17) is 10.9 Å². The fraction of sp³-hybridized carbons (Fsp3) is 0.500. The van der Waals surface area contributed by atoms with Gasteiger partial charge in [-0.1, -0.05) is 0 Å². The topological polar surface area (TPSA) is 84.1 Å². The van der Waals surface area contributed by atoms with Gasteiger partial charge in [-0.15, -0.1) is 11.8 Å². The van der Waals surface area contributed by atoms with Crippen molar-refractivity contribution in [1.29, 1.82) is 0 Å². The maximum absolute atomic E-state index is 8.71. The third-order valence-electron chi connectivity index (χ3n) is 1.68. The van der Waals surface area contributed by atoms with Gasteiger partial charge in [0, 0.05) is 11.3 Å². The number of rotatable bonds is 4. The SMILES string of the molecule is Cc1nc(NN)c(C)c(SCCO)n1. The van der Waals surface area contributed by atoms with Crippen LogP contribution in [0.15, 0.2) is 5.03 Å². The van der Waals surface area contributed by atoms with Gasteiger partial charge >= 0.3 is 0 Å². The van der Waals surface area contributed by atoms with Gasteiger partial charge < -0.3 is 10.5 Å². The number of hydrogen-bond donors (Lipinski definition) is 3. The van der Waals surface area contributed by atoms with Gasteiger partial charge in [0.1, 0.15) is 16.7 Å². The Morgan fingerprint density at radius 1 is 1.43 bits per heavy atom. The van der Waals surface area contributed by atoms with Gasteiger partial charge in [-0.25, -0.2) is 15.8 Å². The van der Waals surface area contributed by atoms with Crippen molar-refractivity contribution in [3.63, 3.8) is 0 Å². The first kappa shape index (κ1) is 11.2. The van der Waals surface area contributed by atoms with Crippen molar-refractivity contribution >= 4 is 17.6 Å². The molecule has 6 heteroatoms. The van der Waals surface area contributed by atoms with Gasteiger partial charge in [-0.3, -0.25) is 0 Å². The Balaban J connectivity index is 2.96. The van der Waals surface area contributed by atoms with Crippen molar-refractivity contribution in [2.45, 2.75) is 18.9 Å². The number of nitrogen functional groups attached to an aromatic ring is 1. The Labute approximate surface area is 87.1 Å². The van der Waals surface area contributed by atoms with Crippen LogP contribution in [-0.4, -0.2) is 27.4 Å². The molecule has 0 atom stereocenters. The second kappa shape index (κ2) is 5.14. The number of nitrogens with two attached hydrogens (primary N) is 1. The van der Waals surface area contributed by atoms with Crippen LogP contribution in [0.4, 0.5) is 5.82 Å². The van der Waals surface area contributed by atoms with Crippen molar-refractivity contribution in [2.75, 3.05) is 17.8 Å². The summed E-state index contributed by atoms with van der Waals surface area (Å²) in [5.41, 5.74) is 3.44. The Morgan fingerprint density at radius 2 is 2.14 bits per heavy atom. The van der Waals surface area contributed by atoms with Crippen molar-refractivity contribution in [3.05, 3.63) is 11.4 Å². The van der Waals surface area contributed by atoms with E-state index in [1.165, 1.54) is 11.8 Å². The molecule has 0 aromatic carbocycles. The molecule has 0 spiro atoms. The molecule has 14 heavy (non-hydrogen) atoms. The standard InChI is InChI=1S/C8H14N4OS/c1-5-7(12-9)10-6(2)11-8(5)14-4-3-13/h13H,3-4,9H2,1-2H3,(H,10,11,12). The van der Waals surface area contributed by atoms with E-state index in [9.17, 15) is 0 Å². The minimum atomic E-state index is 0.137. The van der Waals surface area contributed by atoms with E-state index >= 15 is 0 Å². The second-order valence-corrected chi connectivity index (χ2v) is 3.85. The minimum Gasteiger partial charge on any atom is -0.396 e. The average molecular weight is 214 g/mol. The molecule has 0 fully saturated rings. The predicted octanol–water partition coefficient (Wildman–Crippen LogP) is 0.463. The number of nitrogens with one attached hydrogen (secondary N) is 1. The van der Waals surface area contributed by atoms with Crippen LogP contribution >= 0.6 is 11.8 Å². The first-order valence-corrected chi connectivity index (χ1v) is 5.23. The molecule has 1 heterocycles. The van der Waals surface area contributed by atoms with Crippen LogP contribution in [-0.2, 0) is 0 Å². The first-order chi connectivity index (χ1) is 6.69. The number of hydrazine groups is 1. The molecule has 1 rings (SSSR count). The molecule has 0 saturated carbocycles. The van der Waals surface area contributed by atoms with E-state index in [0.717, 1.165) is 10.6 Å². The first-order valence-electron chi connectivity index (χ1n) is 4.24. The number of nitrogens with zero attached hydrogens (tertiary/aromatic N) is 2. The summed E-state index contributed by atoms with van der Waals surface area (Å²) in [6, 6.07) is 0. The third-order valence-corrected chi connectivity index (χ3v) is 2.74. The molecule has 0 radical (unpaired) electrons. The van der Waals surface area contributed by atoms with Crippen LogP contribution in [0.5, 0.6) is 0 Å². The number of hydrogen-bond acceptors (Lipinski definition) is 6. The molecule has 0 unspecified atom stereocenters. The zero-order valence-electron chi connectivity index (χ0n) is 8.24. The van der Waals surface area contributed by atoms with E-state index in [0.29, 0.717) is 17.4 Å². The quantitative estimate of drug-likeness (QED) is 0.292. The van der Waals surface area contributed by atoms with Crippen LogP contribution in [0.25, 0.3) is 0 Å². The molecule has 1 aromatic heterocycles. The summed E-state index contributed by atoms with van der Waals surface area (Å²) in [4.78, 5) is 8.40. The Kier molecular flexibility index (Phi) is 4.12. The summed E-state index contributed by atoms with van der Waals surface area (Å²) in [6.07, 6.45) is 0. The molecule has 0 aliphatic rings. The number of anilines is 1. The van der Waals surface area contributed by atoms with E-state index in [-0.39, 0.29) is 6.61 Å². The summed E-state index contributed by atoms with van der Waals surface area (Å²) in [5, 5.41) is 9.57. The lowest BCUT2D eigenvalue weighted by Crippen LogP contribution is -2.12. The molecule has 0 bridgehead atoms. The van der Waals surface area contributed by atoms with E-state index in [1.54, 1.807) is 0 Å². The molecule has 1 aromatic rings. The van der Waals surface area contributed by atoms with Crippen LogP contribution in [0.2, 0.25) is 0 Å². The normalized spacial score (nSPS) is 10.3. The van der Waals surface area contributed by atoms with Crippen LogP contribution in [0.1, 0.15) is 11.4 Å². The lowest BCUT2D eigenvalue weighted by Gasteiger charge is -2.09. The largest absolute Gasteiger partial charge is 0.396 e. The minimum absolute atomic E-state index is 0.137. The summed E-state index contributed by atoms with van der Waals surface area (Å²) in [7, 11) is 0. The van der Waals surface area contributed by atoms with Gasteiger partial charge in [0.15, 0.2) is 0 Å². The molecular formula is C8H14N4OS. The molecule has 0 saturated heterocycles. The Hall–Kier alpha value is -0.850. The van der Waals surface area contributed by atoms with Gasteiger partial charge in [-0.2, -0.15) is 0 Å². The second-order valence-electron chi connectivity index (χ2n) is 2.77. The number of aliphatic hydroxyl groups excluding tert-OH is 1. The molecule has 5 nitrogen and oxygen atoms in total. The lowest BCUT2D eigenvalue weighted by atomic mass is 10.3. The highest BCUT2D eigenvalue weighted by molar-refractivity contribution is 7.99. The summed E-state index contributed by atoms with van der Waals surface area (Å²) >= 11 is 1.49. The van der Waals surface area contributed by atoms with Crippen molar-refractivity contribution < 1.29 is 5.11 Å². The number of thioether (sulfide) groups is 1. The molecule has 4 N–H and O–H groups in total. The predicted molar refractivity (Wildman–Crippen MR) is 57.1 cm³/mol. The molecule has 0 aliphatic heterocycles. The van der Waals surface area contributed by atoms with E-state index < -0.39 is 0 Å². The summed E-state index contributed by atoms with van der Waals surface area (Å²) in [6.45, 7) is 3.84. The third kappa shape index (κ3) is 2.57. The Morgan fingerprint density at radius 3 is 2.71 bits per heavy atom. The van der Waals surface area contributed by atoms with Gasteiger partial charge in [-0.05, 0) is 13.8 Å². The maximum Gasteiger partial charge on any atom is 0.147 e.